The minimum Gasteiger partial charge on any atom is -0.492 e. The van der Waals surface area contributed by atoms with Crippen LogP contribution in [0.5, 0.6) is 5.75 Å². The number of benzene rings is 1. The van der Waals surface area contributed by atoms with Gasteiger partial charge in [0.1, 0.15) is 12.4 Å². The molecule has 23 heavy (non-hydrogen) atoms. The number of halogens is 2. The third kappa shape index (κ3) is 7.14. The Morgan fingerprint density at radius 3 is 3.00 bits per heavy atom. The molecule has 1 heterocycles. The maximum Gasteiger partial charge on any atom is 0.193 e. The predicted octanol–water partition coefficient (Wildman–Crippen LogP) is 2.88. The summed E-state index contributed by atoms with van der Waals surface area (Å²) in [7, 11) is 3.84. The summed E-state index contributed by atoms with van der Waals surface area (Å²) in [6.45, 7) is 3.91. The van der Waals surface area contributed by atoms with E-state index in [1.54, 1.807) is 7.05 Å². The van der Waals surface area contributed by atoms with Crippen molar-refractivity contribution in [2.24, 2.45) is 10.9 Å². The lowest BCUT2D eigenvalue weighted by Gasteiger charge is -2.24. The van der Waals surface area contributed by atoms with Crippen LogP contribution in [0, 0.1) is 5.92 Å². The van der Waals surface area contributed by atoms with Crippen LogP contribution in [0.1, 0.15) is 6.42 Å². The van der Waals surface area contributed by atoms with Crippen molar-refractivity contribution in [1.29, 1.82) is 0 Å². The van der Waals surface area contributed by atoms with Crippen LogP contribution in [-0.2, 0) is 4.74 Å². The zero-order chi connectivity index (χ0) is 15.8. The molecule has 1 aromatic carbocycles. The summed E-state index contributed by atoms with van der Waals surface area (Å²) in [5.41, 5.74) is 0. The van der Waals surface area contributed by atoms with Crippen molar-refractivity contribution >= 4 is 41.5 Å². The summed E-state index contributed by atoms with van der Waals surface area (Å²) in [6, 6.07) is 7.41. The molecule has 0 radical (unpaired) electrons. The lowest BCUT2D eigenvalue weighted by Crippen LogP contribution is -2.42. The molecule has 0 aliphatic carbocycles. The highest BCUT2D eigenvalue weighted by Crippen LogP contribution is 2.16. The van der Waals surface area contributed by atoms with Crippen molar-refractivity contribution in [3.05, 3.63) is 29.3 Å². The van der Waals surface area contributed by atoms with Gasteiger partial charge in [0.15, 0.2) is 5.96 Å². The molecule has 1 atom stereocenters. The van der Waals surface area contributed by atoms with E-state index in [2.05, 4.69) is 15.2 Å². The number of guanidine groups is 1. The van der Waals surface area contributed by atoms with E-state index in [1.807, 2.05) is 31.3 Å². The van der Waals surface area contributed by atoms with Crippen LogP contribution in [0.4, 0.5) is 0 Å². The average molecular weight is 454 g/mol. The van der Waals surface area contributed by atoms with Crippen LogP contribution in [0.25, 0.3) is 0 Å². The van der Waals surface area contributed by atoms with Crippen LogP contribution in [-0.4, -0.2) is 57.9 Å². The Labute approximate surface area is 160 Å². The quantitative estimate of drug-likeness (QED) is 0.311. The standard InChI is InChI=1S/C16H24ClN3O2.HI/c1-18-16(20(2)11-13-6-8-21-12-13)19-7-9-22-15-5-3-4-14(17)10-15;/h3-5,10,13H,6-9,11-12H2,1-2H3,(H,18,19);1H. The van der Waals surface area contributed by atoms with Gasteiger partial charge in [-0.05, 0) is 24.6 Å². The van der Waals surface area contributed by atoms with Crippen molar-refractivity contribution < 1.29 is 9.47 Å². The van der Waals surface area contributed by atoms with E-state index in [0.29, 0.717) is 24.1 Å². The molecule has 0 aromatic heterocycles. The highest BCUT2D eigenvalue weighted by Gasteiger charge is 2.18. The van der Waals surface area contributed by atoms with Crippen molar-refractivity contribution in [2.75, 3.05) is 47.0 Å². The Bertz CT molecular complexity index is 496. The second-order valence-corrected chi connectivity index (χ2v) is 5.83. The lowest BCUT2D eigenvalue weighted by atomic mass is 10.1. The first-order valence-electron chi connectivity index (χ1n) is 7.57. The van der Waals surface area contributed by atoms with Crippen LogP contribution < -0.4 is 10.1 Å². The Balaban J connectivity index is 0.00000264. The van der Waals surface area contributed by atoms with Gasteiger partial charge in [-0.3, -0.25) is 4.99 Å². The van der Waals surface area contributed by atoms with Gasteiger partial charge in [0.25, 0.3) is 0 Å². The van der Waals surface area contributed by atoms with Gasteiger partial charge in [-0.15, -0.1) is 24.0 Å². The van der Waals surface area contributed by atoms with Gasteiger partial charge < -0.3 is 19.7 Å². The van der Waals surface area contributed by atoms with Gasteiger partial charge in [-0.2, -0.15) is 0 Å². The number of aliphatic imine (C=N–C) groups is 1. The van der Waals surface area contributed by atoms with Gasteiger partial charge in [-0.1, -0.05) is 17.7 Å². The number of hydrogen-bond donors (Lipinski definition) is 1. The molecule has 1 fully saturated rings. The van der Waals surface area contributed by atoms with Crippen LogP contribution in [0.15, 0.2) is 29.3 Å². The third-order valence-corrected chi connectivity index (χ3v) is 3.81. The van der Waals surface area contributed by atoms with Crippen molar-refractivity contribution in [3.8, 4) is 5.75 Å². The molecule has 0 saturated carbocycles. The molecule has 1 N–H and O–H groups in total. The van der Waals surface area contributed by atoms with Gasteiger partial charge in [-0.25, -0.2) is 0 Å². The molecule has 1 unspecified atom stereocenters. The zero-order valence-electron chi connectivity index (χ0n) is 13.6. The van der Waals surface area contributed by atoms with E-state index in [9.17, 15) is 0 Å². The molecule has 5 nitrogen and oxygen atoms in total. The SMILES string of the molecule is CN=C(NCCOc1cccc(Cl)c1)N(C)CC1CCOC1.I. The smallest absolute Gasteiger partial charge is 0.193 e. The van der Waals surface area contributed by atoms with E-state index in [-0.39, 0.29) is 24.0 Å². The number of nitrogens with one attached hydrogen (secondary N) is 1. The summed E-state index contributed by atoms with van der Waals surface area (Å²) in [4.78, 5) is 6.44. The first-order chi connectivity index (χ1) is 10.7. The summed E-state index contributed by atoms with van der Waals surface area (Å²) in [6.07, 6.45) is 1.12. The second-order valence-electron chi connectivity index (χ2n) is 5.39. The van der Waals surface area contributed by atoms with Gasteiger partial charge in [0.2, 0.25) is 0 Å². The summed E-state index contributed by atoms with van der Waals surface area (Å²) >= 11 is 5.92. The fourth-order valence-corrected chi connectivity index (χ4v) is 2.65. The predicted molar refractivity (Wildman–Crippen MR) is 105 cm³/mol. The molecule has 130 valence electrons. The zero-order valence-corrected chi connectivity index (χ0v) is 16.7. The van der Waals surface area contributed by atoms with Gasteiger partial charge >= 0.3 is 0 Å². The molecular weight excluding hydrogens is 429 g/mol. The Morgan fingerprint density at radius 2 is 2.35 bits per heavy atom. The molecule has 0 amide bonds. The number of hydrogen-bond acceptors (Lipinski definition) is 3. The highest BCUT2D eigenvalue weighted by molar-refractivity contribution is 14.0. The lowest BCUT2D eigenvalue weighted by molar-refractivity contribution is 0.181. The largest absolute Gasteiger partial charge is 0.492 e. The van der Waals surface area contributed by atoms with E-state index >= 15 is 0 Å². The van der Waals surface area contributed by atoms with E-state index in [1.165, 1.54) is 0 Å². The van der Waals surface area contributed by atoms with Crippen molar-refractivity contribution in [3.63, 3.8) is 0 Å². The molecule has 1 aromatic rings. The van der Waals surface area contributed by atoms with Crippen LogP contribution in [0.2, 0.25) is 5.02 Å². The Morgan fingerprint density at radius 1 is 1.52 bits per heavy atom. The Hall–Kier alpha value is -0.730. The van der Waals surface area contributed by atoms with E-state index in [0.717, 1.165) is 37.9 Å². The minimum atomic E-state index is 0. The molecular formula is C16H25ClIN3O2. The second kappa shape index (κ2) is 10.9. The highest BCUT2D eigenvalue weighted by atomic mass is 127. The van der Waals surface area contributed by atoms with Gasteiger partial charge in [0, 0.05) is 38.2 Å². The minimum absolute atomic E-state index is 0. The first-order valence-corrected chi connectivity index (χ1v) is 7.94. The molecule has 0 spiro atoms. The average Bonchev–Trinajstić information content (AvgIpc) is 3.00. The normalized spacial score (nSPS) is 17.5. The fourth-order valence-electron chi connectivity index (χ4n) is 2.47. The van der Waals surface area contributed by atoms with Crippen molar-refractivity contribution in [2.45, 2.75) is 6.42 Å². The third-order valence-electron chi connectivity index (χ3n) is 3.58. The molecule has 2 rings (SSSR count). The van der Waals surface area contributed by atoms with Gasteiger partial charge in [0.05, 0.1) is 13.2 Å². The summed E-state index contributed by atoms with van der Waals surface area (Å²) in [5.74, 6) is 2.24. The van der Waals surface area contributed by atoms with Crippen LogP contribution >= 0.6 is 35.6 Å². The molecule has 1 aliphatic heterocycles. The fraction of sp³-hybridized carbons (Fsp3) is 0.562. The maximum absolute atomic E-state index is 5.92. The van der Waals surface area contributed by atoms with E-state index in [4.69, 9.17) is 21.1 Å². The maximum atomic E-state index is 5.92. The first kappa shape index (κ1) is 20.3. The molecule has 1 saturated heterocycles. The summed E-state index contributed by atoms with van der Waals surface area (Å²) < 4.78 is 11.1. The summed E-state index contributed by atoms with van der Waals surface area (Å²) in [5, 5.41) is 3.99. The number of nitrogens with zero attached hydrogens (tertiary/aromatic N) is 2. The number of rotatable bonds is 6. The van der Waals surface area contributed by atoms with Crippen LogP contribution in [0.3, 0.4) is 0 Å². The van der Waals surface area contributed by atoms with Crippen molar-refractivity contribution in [1.82, 2.24) is 10.2 Å². The molecule has 0 bridgehead atoms. The molecule has 1 aliphatic rings. The Kier molecular flexibility index (Phi) is 9.66. The van der Waals surface area contributed by atoms with E-state index < -0.39 is 0 Å². The number of ether oxygens (including phenoxy) is 2. The topological polar surface area (TPSA) is 46.1 Å². The monoisotopic (exact) mass is 453 g/mol. The molecule has 7 heteroatoms.